The number of nitrogens with zero attached hydrogens (tertiary/aromatic N) is 3. The molecule has 2 heterocycles. The van der Waals surface area contributed by atoms with E-state index in [1.807, 2.05) is 30.6 Å². The molecule has 0 unspecified atom stereocenters. The number of aliphatic hydroxyl groups is 1. The van der Waals surface area contributed by atoms with Crippen molar-refractivity contribution in [3.63, 3.8) is 0 Å². The van der Waals surface area contributed by atoms with Crippen LogP contribution in [0.15, 0.2) is 18.6 Å². The normalized spacial score (nSPS) is 11.8. The van der Waals surface area contributed by atoms with Crippen molar-refractivity contribution in [2.24, 2.45) is 5.41 Å². The molecule has 3 N–H and O–H groups in total. The minimum Gasteiger partial charge on any atom is -0.396 e. The molecule has 110 valence electrons. The first-order valence-electron chi connectivity index (χ1n) is 6.98. The topological polar surface area (TPSA) is 74.5 Å². The summed E-state index contributed by atoms with van der Waals surface area (Å²) in [5, 5.41) is 15.9. The van der Waals surface area contributed by atoms with Gasteiger partial charge in [-0.05, 0) is 6.42 Å². The van der Waals surface area contributed by atoms with Crippen LogP contribution in [0.5, 0.6) is 0 Å². The molecule has 0 radical (unpaired) electrons. The van der Waals surface area contributed by atoms with Crippen LogP contribution < -0.4 is 10.6 Å². The van der Waals surface area contributed by atoms with Crippen molar-refractivity contribution in [2.45, 2.75) is 27.2 Å². The maximum Gasteiger partial charge on any atom is 0.180 e. The molecule has 0 aliphatic rings. The summed E-state index contributed by atoms with van der Waals surface area (Å²) in [7, 11) is 0. The van der Waals surface area contributed by atoms with Crippen molar-refractivity contribution >= 4 is 17.3 Å². The van der Waals surface area contributed by atoms with Gasteiger partial charge in [-0.15, -0.1) is 0 Å². The molecule has 0 amide bonds. The molecular formula is C14H23N5O. The van der Waals surface area contributed by atoms with Gasteiger partial charge in [-0.25, -0.2) is 9.97 Å². The number of hydrogen-bond donors (Lipinski definition) is 3. The highest BCUT2D eigenvalue weighted by Crippen LogP contribution is 2.19. The molecule has 0 bridgehead atoms. The van der Waals surface area contributed by atoms with Crippen molar-refractivity contribution in [1.29, 1.82) is 0 Å². The lowest BCUT2D eigenvalue weighted by molar-refractivity contribution is 0.171. The standard InChI is InChI=1S/C14H23N5O/c1-4-5-15-11-8-19-7-6-16-13(19)12(18-11)17-9-14(2,3)10-20/h6-8,15,20H,4-5,9-10H2,1-3H3,(H,17,18). The SMILES string of the molecule is CCCNc1cn2ccnc2c(NCC(C)(C)CO)n1. The van der Waals surface area contributed by atoms with E-state index in [0.717, 1.165) is 30.2 Å². The number of rotatable bonds is 7. The van der Waals surface area contributed by atoms with E-state index in [2.05, 4.69) is 27.5 Å². The van der Waals surface area contributed by atoms with E-state index < -0.39 is 0 Å². The fourth-order valence-electron chi connectivity index (χ4n) is 1.77. The summed E-state index contributed by atoms with van der Waals surface area (Å²) >= 11 is 0. The monoisotopic (exact) mass is 277 g/mol. The van der Waals surface area contributed by atoms with E-state index in [9.17, 15) is 5.11 Å². The lowest BCUT2D eigenvalue weighted by atomic mass is 9.95. The van der Waals surface area contributed by atoms with Crippen LogP contribution in [-0.4, -0.2) is 39.2 Å². The van der Waals surface area contributed by atoms with E-state index in [0.29, 0.717) is 6.54 Å². The summed E-state index contributed by atoms with van der Waals surface area (Å²) < 4.78 is 1.94. The lowest BCUT2D eigenvalue weighted by Crippen LogP contribution is -2.27. The smallest absolute Gasteiger partial charge is 0.180 e. The van der Waals surface area contributed by atoms with Crippen molar-refractivity contribution in [1.82, 2.24) is 14.4 Å². The van der Waals surface area contributed by atoms with E-state index in [1.54, 1.807) is 6.20 Å². The number of imidazole rings is 1. The largest absolute Gasteiger partial charge is 0.396 e. The Kier molecular flexibility index (Phi) is 4.44. The molecule has 0 aromatic carbocycles. The predicted molar refractivity (Wildman–Crippen MR) is 81.1 cm³/mol. The van der Waals surface area contributed by atoms with Crippen molar-refractivity contribution in [3.8, 4) is 0 Å². The Morgan fingerprint density at radius 2 is 2.15 bits per heavy atom. The minimum absolute atomic E-state index is 0.124. The molecule has 0 saturated heterocycles. The lowest BCUT2D eigenvalue weighted by Gasteiger charge is -2.22. The second-order valence-corrected chi connectivity index (χ2v) is 5.74. The maximum atomic E-state index is 9.32. The first-order valence-corrected chi connectivity index (χ1v) is 6.98. The van der Waals surface area contributed by atoms with Crippen molar-refractivity contribution < 1.29 is 5.11 Å². The zero-order valence-corrected chi connectivity index (χ0v) is 12.3. The van der Waals surface area contributed by atoms with Crippen LogP contribution in [0.1, 0.15) is 27.2 Å². The van der Waals surface area contributed by atoms with Crippen LogP contribution in [0.25, 0.3) is 5.65 Å². The molecule has 2 aromatic heterocycles. The average Bonchev–Trinajstić information content (AvgIpc) is 2.91. The third-order valence-corrected chi connectivity index (χ3v) is 3.09. The van der Waals surface area contributed by atoms with Crippen LogP contribution in [-0.2, 0) is 0 Å². The third-order valence-electron chi connectivity index (χ3n) is 3.09. The van der Waals surface area contributed by atoms with Gasteiger partial charge in [0.15, 0.2) is 11.5 Å². The molecule has 2 aromatic rings. The minimum atomic E-state index is -0.196. The first-order chi connectivity index (χ1) is 9.55. The Labute approximate surface area is 119 Å². The second-order valence-electron chi connectivity index (χ2n) is 5.74. The molecule has 0 saturated carbocycles. The second kappa shape index (κ2) is 6.09. The molecule has 2 rings (SSSR count). The van der Waals surface area contributed by atoms with Gasteiger partial charge < -0.3 is 20.1 Å². The van der Waals surface area contributed by atoms with Gasteiger partial charge in [0.25, 0.3) is 0 Å². The summed E-state index contributed by atoms with van der Waals surface area (Å²) in [5.74, 6) is 1.55. The molecule has 20 heavy (non-hydrogen) atoms. The molecule has 0 spiro atoms. The highest BCUT2D eigenvalue weighted by Gasteiger charge is 2.17. The van der Waals surface area contributed by atoms with E-state index >= 15 is 0 Å². The Morgan fingerprint density at radius 3 is 2.85 bits per heavy atom. The molecule has 6 nitrogen and oxygen atoms in total. The Bertz CT molecular complexity index is 564. The quantitative estimate of drug-likeness (QED) is 0.721. The van der Waals surface area contributed by atoms with Crippen LogP contribution in [0.2, 0.25) is 0 Å². The summed E-state index contributed by atoms with van der Waals surface area (Å²) in [4.78, 5) is 8.88. The van der Waals surface area contributed by atoms with Crippen molar-refractivity contribution in [3.05, 3.63) is 18.6 Å². The number of aromatic nitrogens is 3. The fraction of sp³-hybridized carbons (Fsp3) is 0.571. The maximum absolute atomic E-state index is 9.32. The molecule has 6 heteroatoms. The fourth-order valence-corrected chi connectivity index (χ4v) is 1.77. The van der Waals surface area contributed by atoms with E-state index in [1.165, 1.54) is 0 Å². The van der Waals surface area contributed by atoms with E-state index in [4.69, 9.17) is 0 Å². The zero-order valence-electron chi connectivity index (χ0n) is 12.3. The van der Waals surface area contributed by atoms with Crippen LogP contribution >= 0.6 is 0 Å². The van der Waals surface area contributed by atoms with Gasteiger partial charge in [-0.3, -0.25) is 0 Å². The number of nitrogens with one attached hydrogen (secondary N) is 2. The predicted octanol–water partition coefficient (Wildman–Crippen LogP) is 1.98. The molecular weight excluding hydrogens is 254 g/mol. The summed E-state index contributed by atoms with van der Waals surface area (Å²) in [6, 6.07) is 0. The van der Waals surface area contributed by atoms with Gasteiger partial charge in [0.05, 0.1) is 6.20 Å². The van der Waals surface area contributed by atoms with Gasteiger partial charge in [0.2, 0.25) is 0 Å². The summed E-state index contributed by atoms with van der Waals surface area (Å²) in [5.41, 5.74) is 0.596. The van der Waals surface area contributed by atoms with Crippen LogP contribution in [0, 0.1) is 5.41 Å². The van der Waals surface area contributed by atoms with Crippen LogP contribution in [0.4, 0.5) is 11.6 Å². The van der Waals surface area contributed by atoms with Gasteiger partial charge in [-0.1, -0.05) is 20.8 Å². The average molecular weight is 277 g/mol. The van der Waals surface area contributed by atoms with Gasteiger partial charge in [0, 0.05) is 37.5 Å². The van der Waals surface area contributed by atoms with Gasteiger partial charge >= 0.3 is 0 Å². The van der Waals surface area contributed by atoms with Crippen molar-refractivity contribution in [2.75, 3.05) is 30.3 Å². The van der Waals surface area contributed by atoms with Crippen LogP contribution in [0.3, 0.4) is 0 Å². The Morgan fingerprint density at radius 1 is 1.35 bits per heavy atom. The zero-order chi connectivity index (χ0) is 14.6. The summed E-state index contributed by atoms with van der Waals surface area (Å²) in [6.07, 6.45) is 6.63. The molecule has 0 fully saturated rings. The van der Waals surface area contributed by atoms with Gasteiger partial charge in [-0.2, -0.15) is 0 Å². The summed E-state index contributed by atoms with van der Waals surface area (Å²) in [6.45, 7) is 7.76. The molecule has 0 aliphatic heterocycles. The van der Waals surface area contributed by atoms with Gasteiger partial charge in [0.1, 0.15) is 5.82 Å². The third kappa shape index (κ3) is 3.39. The Balaban J connectivity index is 2.23. The number of hydrogen-bond acceptors (Lipinski definition) is 5. The number of aliphatic hydroxyl groups excluding tert-OH is 1. The number of anilines is 2. The first kappa shape index (κ1) is 14.6. The van der Waals surface area contributed by atoms with E-state index in [-0.39, 0.29) is 12.0 Å². The number of fused-ring (bicyclic) bond motifs is 1. The molecule has 0 aliphatic carbocycles. The highest BCUT2D eigenvalue weighted by atomic mass is 16.3. The Hall–Kier alpha value is -1.82. The highest BCUT2D eigenvalue weighted by molar-refractivity contribution is 5.65. The molecule has 0 atom stereocenters.